The molecule has 0 aromatic carbocycles. The van der Waals surface area contributed by atoms with Crippen LogP contribution in [0.25, 0.3) is 0 Å². The van der Waals surface area contributed by atoms with Gasteiger partial charge >= 0.3 is 12.1 Å². The summed E-state index contributed by atoms with van der Waals surface area (Å²) < 4.78 is 11.3. The van der Waals surface area contributed by atoms with Crippen molar-refractivity contribution in [2.45, 2.75) is 69.7 Å². The van der Waals surface area contributed by atoms with Crippen molar-refractivity contribution >= 4 is 12.1 Å². The van der Waals surface area contributed by atoms with E-state index in [4.69, 9.17) is 9.47 Å². The van der Waals surface area contributed by atoms with Crippen molar-refractivity contribution in [1.82, 2.24) is 5.32 Å². The Morgan fingerprint density at radius 1 is 1.29 bits per heavy atom. The van der Waals surface area contributed by atoms with Crippen LogP contribution in [0, 0.1) is 5.41 Å². The Balaban J connectivity index is 1.62. The van der Waals surface area contributed by atoms with E-state index in [0.717, 1.165) is 19.3 Å². The van der Waals surface area contributed by atoms with Crippen LogP contribution >= 0.6 is 0 Å². The zero-order valence-electron chi connectivity index (χ0n) is 12.8. The molecular formula is C15H23NO5. The third-order valence-corrected chi connectivity index (χ3v) is 5.06. The first-order valence-electron chi connectivity index (χ1n) is 7.53. The van der Waals surface area contributed by atoms with E-state index in [0.29, 0.717) is 19.4 Å². The summed E-state index contributed by atoms with van der Waals surface area (Å²) >= 11 is 0. The molecule has 6 nitrogen and oxygen atoms in total. The summed E-state index contributed by atoms with van der Waals surface area (Å²) in [7, 11) is 0. The van der Waals surface area contributed by atoms with Crippen molar-refractivity contribution in [3.05, 3.63) is 0 Å². The molecule has 1 amide bonds. The Morgan fingerprint density at radius 3 is 2.29 bits per heavy atom. The summed E-state index contributed by atoms with van der Waals surface area (Å²) in [5.74, 6) is -0.757. The van der Waals surface area contributed by atoms with E-state index >= 15 is 0 Å². The van der Waals surface area contributed by atoms with Crippen molar-refractivity contribution in [3.63, 3.8) is 0 Å². The monoisotopic (exact) mass is 297 g/mol. The van der Waals surface area contributed by atoms with Gasteiger partial charge in [0.1, 0.15) is 11.0 Å². The minimum atomic E-state index is -0.757. The molecule has 0 unspecified atom stereocenters. The van der Waals surface area contributed by atoms with Crippen LogP contribution in [0.4, 0.5) is 4.79 Å². The quantitative estimate of drug-likeness (QED) is 0.833. The van der Waals surface area contributed by atoms with Gasteiger partial charge in [-0.15, -0.1) is 0 Å². The molecule has 6 heteroatoms. The van der Waals surface area contributed by atoms with E-state index < -0.39 is 34.3 Å². The summed E-state index contributed by atoms with van der Waals surface area (Å²) in [6.45, 7) is 5.73. The SMILES string of the molecule is CC(C)(C)OC(=O)NCC12CC(C(=O)O)(C1)C1(CCC1)O2. The molecule has 2 heterocycles. The minimum Gasteiger partial charge on any atom is -0.481 e. The third-order valence-electron chi connectivity index (χ3n) is 5.06. The number of nitrogens with one attached hydrogen (secondary N) is 1. The summed E-state index contributed by atoms with van der Waals surface area (Å²) in [6.07, 6.45) is 3.14. The highest BCUT2D eigenvalue weighted by atomic mass is 16.6. The van der Waals surface area contributed by atoms with Gasteiger partial charge in [0.2, 0.25) is 0 Å². The molecule has 2 aliphatic carbocycles. The van der Waals surface area contributed by atoms with Crippen LogP contribution in [0.15, 0.2) is 0 Å². The van der Waals surface area contributed by atoms with E-state index in [2.05, 4.69) is 5.32 Å². The number of ether oxygens (including phenoxy) is 2. The van der Waals surface area contributed by atoms with Crippen molar-refractivity contribution in [1.29, 1.82) is 0 Å². The van der Waals surface area contributed by atoms with Gasteiger partial charge < -0.3 is 19.9 Å². The van der Waals surface area contributed by atoms with E-state index in [9.17, 15) is 14.7 Å². The van der Waals surface area contributed by atoms with Crippen molar-refractivity contribution in [2.24, 2.45) is 5.41 Å². The van der Waals surface area contributed by atoms with Gasteiger partial charge in [0.05, 0.1) is 17.7 Å². The van der Waals surface area contributed by atoms with Crippen LogP contribution in [0.2, 0.25) is 0 Å². The van der Waals surface area contributed by atoms with Crippen molar-refractivity contribution in [2.75, 3.05) is 6.54 Å². The van der Waals surface area contributed by atoms with E-state index in [1.807, 2.05) is 0 Å². The van der Waals surface area contributed by atoms with Gasteiger partial charge in [-0.1, -0.05) is 0 Å². The van der Waals surface area contributed by atoms with Crippen LogP contribution in [-0.2, 0) is 14.3 Å². The summed E-state index contributed by atoms with van der Waals surface area (Å²) in [5.41, 5.74) is -2.29. The number of carboxylic acid groups (broad SMARTS) is 1. The molecule has 0 aromatic heterocycles. The second-order valence-corrected chi connectivity index (χ2v) is 7.73. The Kier molecular flexibility index (Phi) is 2.87. The van der Waals surface area contributed by atoms with Gasteiger partial charge in [-0.05, 0) is 52.9 Å². The maximum absolute atomic E-state index is 11.7. The highest BCUT2D eigenvalue weighted by molar-refractivity contribution is 5.80. The van der Waals surface area contributed by atoms with Gasteiger partial charge in [-0.25, -0.2) is 4.79 Å². The first-order valence-corrected chi connectivity index (χ1v) is 7.53. The first-order chi connectivity index (χ1) is 9.62. The fraction of sp³-hybridized carbons (Fsp3) is 0.867. The predicted molar refractivity (Wildman–Crippen MR) is 73.9 cm³/mol. The molecule has 2 saturated heterocycles. The molecule has 4 aliphatic rings. The molecule has 21 heavy (non-hydrogen) atoms. The van der Waals surface area contributed by atoms with E-state index in [-0.39, 0.29) is 0 Å². The Labute approximate surface area is 124 Å². The third kappa shape index (κ3) is 2.03. The lowest BCUT2D eigenvalue weighted by atomic mass is 9.51. The number of alkyl carbamates (subject to hydrolysis) is 1. The maximum Gasteiger partial charge on any atom is 0.407 e. The number of hydrogen-bond acceptors (Lipinski definition) is 4. The Bertz CT molecular complexity index is 483. The standard InChI is InChI=1S/C15H23NO5/c1-12(2,3)20-11(19)16-9-13-7-14(8-13,10(17)18)15(21-13)5-4-6-15/h4-9H2,1-3H3,(H,16,19)(H,17,18). The molecule has 1 spiro atoms. The minimum absolute atomic E-state index is 0.318. The largest absolute Gasteiger partial charge is 0.481 e. The second kappa shape index (κ2) is 4.12. The maximum atomic E-state index is 11.7. The second-order valence-electron chi connectivity index (χ2n) is 7.73. The summed E-state index contributed by atoms with van der Waals surface area (Å²) in [5, 5.41) is 12.3. The number of carbonyl (C=O) groups is 2. The molecule has 2 saturated carbocycles. The van der Waals surface area contributed by atoms with Gasteiger partial charge in [0.25, 0.3) is 0 Å². The fourth-order valence-electron chi connectivity index (χ4n) is 4.09. The predicted octanol–water partition coefficient (Wildman–Crippen LogP) is 2.07. The van der Waals surface area contributed by atoms with Crippen LogP contribution in [0.5, 0.6) is 0 Å². The van der Waals surface area contributed by atoms with Crippen LogP contribution in [0.1, 0.15) is 52.9 Å². The number of amides is 1. The number of carboxylic acids is 1. The van der Waals surface area contributed by atoms with Gasteiger partial charge in [-0.3, -0.25) is 4.79 Å². The van der Waals surface area contributed by atoms with Crippen molar-refractivity contribution in [3.8, 4) is 0 Å². The Morgan fingerprint density at radius 2 is 1.90 bits per heavy atom. The first kappa shape index (κ1) is 14.6. The lowest BCUT2D eigenvalue weighted by Gasteiger charge is -2.48. The average Bonchev–Trinajstić information content (AvgIpc) is 2.70. The smallest absolute Gasteiger partial charge is 0.407 e. The van der Waals surface area contributed by atoms with E-state index in [1.54, 1.807) is 20.8 Å². The molecular weight excluding hydrogens is 274 g/mol. The normalized spacial score (nSPS) is 35.8. The zero-order chi connectivity index (χ0) is 15.5. The van der Waals surface area contributed by atoms with Crippen LogP contribution < -0.4 is 5.32 Å². The van der Waals surface area contributed by atoms with Gasteiger partial charge in [-0.2, -0.15) is 0 Å². The average molecular weight is 297 g/mol. The molecule has 0 radical (unpaired) electrons. The number of hydrogen-bond donors (Lipinski definition) is 2. The molecule has 0 aromatic rings. The van der Waals surface area contributed by atoms with Crippen molar-refractivity contribution < 1.29 is 24.2 Å². The molecule has 4 fully saturated rings. The van der Waals surface area contributed by atoms with Gasteiger partial charge in [0.15, 0.2) is 0 Å². The summed E-state index contributed by atoms with van der Waals surface area (Å²) in [6, 6.07) is 0. The van der Waals surface area contributed by atoms with Gasteiger partial charge in [0, 0.05) is 0 Å². The molecule has 4 rings (SSSR count). The number of carbonyl (C=O) groups excluding carboxylic acids is 1. The molecule has 0 atom stereocenters. The lowest BCUT2D eigenvalue weighted by Crippen LogP contribution is -2.58. The Hall–Kier alpha value is -1.30. The highest BCUT2D eigenvalue weighted by Crippen LogP contribution is 2.71. The molecule has 2 N–H and O–H groups in total. The lowest BCUT2D eigenvalue weighted by molar-refractivity contribution is -0.163. The molecule has 118 valence electrons. The highest BCUT2D eigenvalue weighted by Gasteiger charge is 2.79. The summed E-state index contributed by atoms with van der Waals surface area (Å²) in [4.78, 5) is 23.4. The topological polar surface area (TPSA) is 84.9 Å². The zero-order valence-corrected chi connectivity index (χ0v) is 12.8. The fourth-order valence-corrected chi connectivity index (χ4v) is 4.09. The van der Waals surface area contributed by atoms with Crippen LogP contribution in [-0.4, -0.2) is 40.5 Å². The van der Waals surface area contributed by atoms with Crippen LogP contribution in [0.3, 0.4) is 0 Å². The molecule has 2 bridgehead atoms. The molecule has 2 aliphatic heterocycles. The number of aliphatic carboxylic acids is 1. The number of rotatable bonds is 3. The van der Waals surface area contributed by atoms with E-state index in [1.165, 1.54) is 0 Å².